The number of aliphatic carboxylic acids is 1. The first-order chi connectivity index (χ1) is 16.5. The average Bonchev–Trinajstić information content (AvgIpc) is 2.87. The fourth-order valence-corrected chi connectivity index (χ4v) is 4.57. The van der Waals surface area contributed by atoms with Gasteiger partial charge in [-0.15, -0.1) is 16.9 Å². The molecule has 0 amide bonds. The molecule has 4 aromatic rings. The van der Waals surface area contributed by atoms with Crippen molar-refractivity contribution in [3.05, 3.63) is 82.6 Å². The number of methoxy groups -OCH3 is 1. The zero-order chi connectivity index (χ0) is 24.1. The minimum absolute atomic E-state index is 0.144. The molecule has 1 N–H and O–H groups in total. The topological polar surface area (TPSA) is 94.3 Å². The highest BCUT2D eigenvalue weighted by Gasteiger charge is 2.20. The minimum Gasteiger partial charge on any atom is -0.497 e. The standard InChI is InChI=1S/C26H25N3O4S/c1-3-17-4-6-18(7-5-17)19-8-11-21(12-9-19)34-24(26(31)32)14-15-29-25(30)22-16-20(33-2)10-13-23(22)27-28-29/h4-13,16,24H,3,14-15H2,1-2H3,(H,31,32). The van der Waals surface area contributed by atoms with E-state index in [2.05, 4.69) is 41.5 Å². The van der Waals surface area contributed by atoms with Crippen molar-refractivity contribution in [1.29, 1.82) is 0 Å². The number of fused-ring (bicyclic) bond motifs is 1. The van der Waals surface area contributed by atoms with Crippen LogP contribution in [0.1, 0.15) is 18.9 Å². The molecule has 8 heteroatoms. The third-order valence-corrected chi connectivity index (χ3v) is 6.90. The van der Waals surface area contributed by atoms with E-state index in [0.717, 1.165) is 22.4 Å². The van der Waals surface area contributed by atoms with Crippen molar-refractivity contribution >= 4 is 28.6 Å². The quantitative estimate of drug-likeness (QED) is 0.352. The predicted octanol–water partition coefficient (Wildman–Crippen LogP) is 4.67. The molecule has 1 atom stereocenters. The molecule has 174 valence electrons. The van der Waals surface area contributed by atoms with Gasteiger partial charge in [-0.2, -0.15) is 0 Å². The van der Waals surface area contributed by atoms with Crippen LogP contribution >= 0.6 is 11.8 Å². The van der Waals surface area contributed by atoms with E-state index in [0.29, 0.717) is 16.7 Å². The van der Waals surface area contributed by atoms with Crippen molar-refractivity contribution < 1.29 is 14.6 Å². The second-order valence-electron chi connectivity index (χ2n) is 7.81. The third kappa shape index (κ3) is 5.28. The molecule has 0 aliphatic rings. The molecule has 0 fully saturated rings. The molecular weight excluding hydrogens is 450 g/mol. The number of hydrogen-bond acceptors (Lipinski definition) is 6. The molecule has 0 saturated carbocycles. The number of thioether (sulfide) groups is 1. The first-order valence-electron chi connectivity index (χ1n) is 11.0. The molecule has 1 heterocycles. The van der Waals surface area contributed by atoms with Crippen LogP contribution in [0.3, 0.4) is 0 Å². The van der Waals surface area contributed by atoms with Crippen LogP contribution in [-0.4, -0.2) is 38.4 Å². The van der Waals surface area contributed by atoms with E-state index < -0.39 is 11.2 Å². The number of ether oxygens (including phenoxy) is 1. The Morgan fingerprint density at radius 1 is 1.06 bits per heavy atom. The van der Waals surface area contributed by atoms with Crippen LogP contribution in [0.2, 0.25) is 0 Å². The Hall–Kier alpha value is -3.65. The maximum atomic E-state index is 12.8. The third-order valence-electron chi connectivity index (χ3n) is 5.64. The van der Waals surface area contributed by atoms with E-state index >= 15 is 0 Å². The monoisotopic (exact) mass is 475 g/mol. The van der Waals surface area contributed by atoms with Crippen molar-refractivity contribution in [2.75, 3.05) is 7.11 Å². The van der Waals surface area contributed by atoms with Gasteiger partial charge in [0, 0.05) is 11.4 Å². The van der Waals surface area contributed by atoms with Crippen molar-refractivity contribution in [3.63, 3.8) is 0 Å². The normalized spacial score (nSPS) is 11.9. The summed E-state index contributed by atoms with van der Waals surface area (Å²) in [5, 5.41) is 17.4. The molecule has 0 radical (unpaired) electrons. The Labute approximate surface area is 201 Å². The van der Waals surface area contributed by atoms with Gasteiger partial charge < -0.3 is 9.84 Å². The van der Waals surface area contributed by atoms with Crippen molar-refractivity contribution in [2.24, 2.45) is 0 Å². The fourth-order valence-electron chi connectivity index (χ4n) is 3.62. The van der Waals surface area contributed by atoms with Crippen LogP contribution in [0.15, 0.2) is 76.4 Å². The number of nitrogens with zero attached hydrogens (tertiary/aromatic N) is 3. The molecule has 1 aromatic heterocycles. The Morgan fingerprint density at radius 2 is 1.74 bits per heavy atom. The number of carboxylic acid groups (broad SMARTS) is 1. The number of aromatic nitrogens is 3. The van der Waals surface area contributed by atoms with Gasteiger partial charge in [0.15, 0.2) is 0 Å². The van der Waals surface area contributed by atoms with E-state index in [1.54, 1.807) is 18.2 Å². The molecule has 0 aliphatic heterocycles. The SMILES string of the molecule is CCc1ccc(-c2ccc(SC(CCn3nnc4ccc(OC)cc4c3=O)C(=O)O)cc2)cc1. The van der Waals surface area contributed by atoms with Crippen LogP contribution in [0.5, 0.6) is 5.75 Å². The van der Waals surface area contributed by atoms with Gasteiger partial charge >= 0.3 is 5.97 Å². The van der Waals surface area contributed by atoms with Crippen molar-refractivity contribution in [2.45, 2.75) is 36.5 Å². The number of hydrogen-bond donors (Lipinski definition) is 1. The summed E-state index contributed by atoms with van der Waals surface area (Å²) >= 11 is 1.26. The lowest BCUT2D eigenvalue weighted by Crippen LogP contribution is -2.27. The average molecular weight is 476 g/mol. The van der Waals surface area contributed by atoms with E-state index in [1.165, 1.54) is 29.1 Å². The minimum atomic E-state index is -0.937. The van der Waals surface area contributed by atoms with E-state index in [1.807, 2.05) is 24.3 Å². The van der Waals surface area contributed by atoms with Gasteiger partial charge in [0.05, 0.1) is 12.5 Å². The summed E-state index contributed by atoms with van der Waals surface area (Å²) in [4.78, 5) is 25.5. The summed E-state index contributed by atoms with van der Waals surface area (Å²) in [5.74, 6) is -0.388. The molecule has 34 heavy (non-hydrogen) atoms. The Balaban J connectivity index is 1.46. The van der Waals surface area contributed by atoms with Crippen LogP contribution in [0.4, 0.5) is 0 Å². The van der Waals surface area contributed by atoms with Gasteiger partial charge in [-0.25, -0.2) is 4.68 Å². The fraction of sp³-hybridized carbons (Fsp3) is 0.231. The molecule has 3 aromatic carbocycles. The van der Waals surface area contributed by atoms with Gasteiger partial charge in [0.25, 0.3) is 5.56 Å². The van der Waals surface area contributed by atoms with Crippen LogP contribution in [-0.2, 0) is 17.8 Å². The molecule has 0 aliphatic carbocycles. The summed E-state index contributed by atoms with van der Waals surface area (Å²) in [6.45, 7) is 2.27. The van der Waals surface area contributed by atoms with Gasteiger partial charge in [0.1, 0.15) is 16.5 Å². The molecule has 1 unspecified atom stereocenters. The summed E-state index contributed by atoms with van der Waals surface area (Å²) in [7, 11) is 1.53. The maximum Gasteiger partial charge on any atom is 0.317 e. The highest BCUT2D eigenvalue weighted by molar-refractivity contribution is 8.00. The zero-order valence-corrected chi connectivity index (χ0v) is 19.8. The van der Waals surface area contributed by atoms with Gasteiger partial charge in [-0.1, -0.05) is 48.5 Å². The lowest BCUT2D eigenvalue weighted by Gasteiger charge is -2.13. The summed E-state index contributed by atoms with van der Waals surface area (Å²) in [6, 6.07) is 21.3. The molecule has 0 bridgehead atoms. The van der Waals surface area contributed by atoms with E-state index in [-0.39, 0.29) is 18.5 Å². The molecule has 0 saturated heterocycles. The number of carbonyl (C=O) groups is 1. The highest BCUT2D eigenvalue weighted by Crippen LogP contribution is 2.29. The number of aryl methyl sites for hydroxylation is 2. The lowest BCUT2D eigenvalue weighted by atomic mass is 10.0. The number of carboxylic acids is 1. The Kier molecular flexibility index (Phi) is 7.27. The van der Waals surface area contributed by atoms with Crippen LogP contribution in [0.25, 0.3) is 22.0 Å². The number of rotatable bonds is 9. The number of benzene rings is 3. The Bertz CT molecular complexity index is 1350. The summed E-state index contributed by atoms with van der Waals surface area (Å²) < 4.78 is 6.39. The van der Waals surface area contributed by atoms with Crippen molar-refractivity contribution in [1.82, 2.24) is 15.0 Å². The predicted molar refractivity (Wildman–Crippen MR) is 134 cm³/mol. The van der Waals surface area contributed by atoms with Gasteiger partial charge in [-0.3, -0.25) is 9.59 Å². The van der Waals surface area contributed by atoms with Gasteiger partial charge in [0.2, 0.25) is 0 Å². The molecule has 4 rings (SSSR count). The molecule has 7 nitrogen and oxygen atoms in total. The second kappa shape index (κ2) is 10.5. The summed E-state index contributed by atoms with van der Waals surface area (Å²) in [6.07, 6.45) is 1.22. The second-order valence-corrected chi connectivity index (χ2v) is 9.09. The maximum absolute atomic E-state index is 12.8. The van der Waals surface area contributed by atoms with Crippen molar-refractivity contribution in [3.8, 4) is 16.9 Å². The largest absolute Gasteiger partial charge is 0.497 e. The van der Waals surface area contributed by atoms with E-state index in [9.17, 15) is 14.7 Å². The van der Waals surface area contributed by atoms with E-state index in [4.69, 9.17) is 4.74 Å². The highest BCUT2D eigenvalue weighted by atomic mass is 32.2. The first-order valence-corrected chi connectivity index (χ1v) is 11.9. The zero-order valence-electron chi connectivity index (χ0n) is 19.0. The first kappa shape index (κ1) is 23.5. The Morgan fingerprint density at radius 3 is 2.35 bits per heavy atom. The summed E-state index contributed by atoms with van der Waals surface area (Å²) in [5.41, 5.74) is 3.63. The van der Waals surface area contributed by atoms with Crippen LogP contribution < -0.4 is 10.3 Å². The van der Waals surface area contributed by atoms with Crippen LogP contribution in [0, 0.1) is 0 Å². The lowest BCUT2D eigenvalue weighted by molar-refractivity contribution is -0.136. The molecule has 0 spiro atoms. The molecular formula is C26H25N3O4S. The van der Waals surface area contributed by atoms with Gasteiger partial charge in [-0.05, 0) is 59.9 Å². The smallest absolute Gasteiger partial charge is 0.317 e.